The lowest BCUT2D eigenvalue weighted by Crippen LogP contribution is -2.46. The molecule has 0 spiro atoms. The fraction of sp³-hybridized carbons (Fsp3) is 0.818. The fourth-order valence-electron chi connectivity index (χ4n) is 2.43. The number of hydrogen-bond acceptors (Lipinski definition) is 10. The molecule has 0 aromatic heterocycles. The average Bonchev–Trinajstić information content (AvgIpc) is 2.84. The van der Waals surface area contributed by atoms with Gasteiger partial charge in [-0.25, -0.2) is 0 Å². The van der Waals surface area contributed by atoms with Crippen LogP contribution in [0.3, 0.4) is 0 Å². The molecule has 0 heterocycles. The first kappa shape index (κ1) is 41.5. The molecule has 0 aromatic carbocycles. The minimum absolute atomic E-state index is 0. The van der Waals surface area contributed by atoms with Crippen LogP contribution in [0.1, 0.15) is 40.5 Å². The van der Waals surface area contributed by atoms with Crippen molar-refractivity contribution in [2.45, 2.75) is 52.7 Å². The highest BCUT2D eigenvalue weighted by molar-refractivity contribution is 8.76. The molecule has 226 valence electrons. The first-order valence-electron chi connectivity index (χ1n) is 11.7. The third kappa shape index (κ3) is 17.6. The number of rotatable bonds is 19. The molecule has 0 radical (unpaired) electrons. The Morgan fingerprint density at radius 2 is 0.947 bits per heavy atom. The Bertz CT molecular complexity index is 663. The van der Waals surface area contributed by atoms with E-state index in [9.17, 15) is 39.6 Å². The molecule has 0 aliphatic carbocycles. The van der Waals surface area contributed by atoms with Crippen LogP contribution in [0.15, 0.2) is 0 Å². The quantitative estimate of drug-likeness (QED) is 0.0664. The number of aliphatic hydroxyl groups excluding tert-OH is 4. The number of aliphatic hydroxyl groups is 4. The van der Waals surface area contributed by atoms with E-state index >= 15 is 0 Å². The Labute approximate surface area is 244 Å². The van der Waals surface area contributed by atoms with Gasteiger partial charge in [0.1, 0.15) is 12.2 Å². The molecule has 0 rings (SSSR count). The van der Waals surface area contributed by atoms with E-state index in [1.54, 1.807) is 27.7 Å². The van der Waals surface area contributed by atoms with E-state index in [1.165, 1.54) is 21.6 Å². The van der Waals surface area contributed by atoms with E-state index in [1.807, 2.05) is 0 Å². The lowest BCUT2D eigenvalue weighted by molar-refractivity contribution is -0.137. The second-order valence-electron chi connectivity index (χ2n) is 9.52. The lowest BCUT2D eigenvalue weighted by Gasteiger charge is -2.27. The summed E-state index contributed by atoms with van der Waals surface area (Å²) in [5, 5.41) is 48.5. The number of carbonyl (C=O) groups is 4. The average molecular weight is 628 g/mol. The topological polar surface area (TPSA) is 197 Å². The zero-order valence-electron chi connectivity index (χ0n) is 22.3. The van der Waals surface area contributed by atoms with E-state index in [-0.39, 0.29) is 75.8 Å². The summed E-state index contributed by atoms with van der Waals surface area (Å²) in [5.74, 6) is -0.428. The largest absolute Gasteiger partial charge is 0.396 e. The molecule has 2 atom stereocenters. The second kappa shape index (κ2) is 21.8. The van der Waals surface area contributed by atoms with Crippen LogP contribution in [0.25, 0.3) is 0 Å². The summed E-state index contributed by atoms with van der Waals surface area (Å²) in [6, 6.07) is 0. The predicted molar refractivity (Wildman–Crippen MR) is 154 cm³/mol. The maximum absolute atomic E-state index is 11.8. The van der Waals surface area contributed by atoms with E-state index in [4.69, 9.17) is 0 Å². The SMILES string of the molecule is CC(C)(CO)C(O)C(=O)NCCC(=O)NCCSSCCNC(=O)CCNC(=O)C(O)C(C)(C)CO.Cl.Cl. The van der Waals surface area contributed by atoms with E-state index < -0.39 is 34.9 Å². The highest BCUT2D eigenvalue weighted by atomic mass is 35.5. The summed E-state index contributed by atoms with van der Waals surface area (Å²) in [6.07, 6.45) is -2.59. The van der Waals surface area contributed by atoms with Gasteiger partial charge < -0.3 is 41.7 Å². The van der Waals surface area contributed by atoms with Gasteiger partial charge in [-0.3, -0.25) is 19.2 Å². The van der Waals surface area contributed by atoms with Crippen molar-refractivity contribution in [2.24, 2.45) is 10.8 Å². The molecular formula is C22H44Cl2N4O8S2. The molecule has 16 heteroatoms. The van der Waals surface area contributed by atoms with Crippen molar-refractivity contribution in [2.75, 3.05) is 50.9 Å². The standard InChI is InChI=1S/C22H42N4O8S2.2ClH/c1-21(2,13-27)17(31)19(33)25-7-5-15(29)23-9-11-35-36-12-10-24-16(30)6-8-26-20(34)18(32)22(3,4)14-28;;/h17-18,27-28,31-32H,5-14H2,1-4H3,(H,23,29)(H,24,30)(H,25,33)(H,26,34);2*1H. The molecule has 0 fully saturated rings. The number of amides is 4. The van der Waals surface area contributed by atoms with Crippen LogP contribution >= 0.6 is 46.4 Å². The summed E-state index contributed by atoms with van der Waals surface area (Å²) in [5.41, 5.74) is -1.94. The molecule has 0 aliphatic rings. The van der Waals surface area contributed by atoms with Gasteiger partial charge in [-0.2, -0.15) is 0 Å². The summed E-state index contributed by atoms with van der Waals surface area (Å²) in [6.45, 7) is 6.59. The fourth-order valence-corrected chi connectivity index (χ4v) is 4.25. The number of carbonyl (C=O) groups excluding carboxylic acids is 4. The van der Waals surface area contributed by atoms with Crippen LogP contribution in [0, 0.1) is 10.8 Å². The van der Waals surface area contributed by atoms with Crippen molar-refractivity contribution < 1.29 is 39.6 Å². The van der Waals surface area contributed by atoms with Crippen LogP contribution in [-0.2, 0) is 19.2 Å². The van der Waals surface area contributed by atoms with Crippen LogP contribution in [-0.4, -0.2) is 107 Å². The number of hydrogen-bond donors (Lipinski definition) is 8. The third-order valence-corrected chi connectivity index (χ3v) is 7.60. The van der Waals surface area contributed by atoms with Crippen LogP contribution < -0.4 is 21.3 Å². The summed E-state index contributed by atoms with van der Waals surface area (Å²) in [7, 11) is 3.07. The van der Waals surface area contributed by atoms with E-state index in [0.29, 0.717) is 24.6 Å². The monoisotopic (exact) mass is 626 g/mol. The first-order valence-corrected chi connectivity index (χ1v) is 14.2. The lowest BCUT2D eigenvalue weighted by atomic mass is 9.87. The van der Waals surface area contributed by atoms with Crippen LogP contribution in [0.5, 0.6) is 0 Å². The molecule has 0 saturated heterocycles. The molecule has 8 N–H and O–H groups in total. The van der Waals surface area contributed by atoms with Crippen molar-refractivity contribution in [3.05, 3.63) is 0 Å². The molecule has 0 aliphatic heterocycles. The number of nitrogens with one attached hydrogen (secondary N) is 4. The highest BCUT2D eigenvalue weighted by Crippen LogP contribution is 2.20. The Balaban J connectivity index is -0.00000612. The smallest absolute Gasteiger partial charge is 0.249 e. The second-order valence-corrected chi connectivity index (χ2v) is 12.2. The zero-order chi connectivity index (χ0) is 27.8. The molecule has 0 aromatic rings. The zero-order valence-corrected chi connectivity index (χ0v) is 25.5. The third-order valence-electron chi connectivity index (χ3n) is 5.19. The van der Waals surface area contributed by atoms with Crippen molar-refractivity contribution in [1.29, 1.82) is 0 Å². The highest BCUT2D eigenvalue weighted by Gasteiger charge is 2.33. The Morgan fingerprint density at radius 3 is 1.24 bits per heavy atom. The normalized spacial score (nSPS) is 12.7. The van der Waals surface area contributed by atoms with Crippen molar-refractivity contribution in [3.8, 4) is 0 Å². The van der Waals surface area contributed by atoms with Gasteiger partial charge in [0.05, 0.1) is 13.2 Å². The van der Waals surface area contributed by atoms with Gasteiger partial charge in [0, 0.05) is 61.4 Å². The Morgan fingerprint density at radius 1 is 0.632 bits per heavy atom. The Kier molecular flexibility index (Phi) is 23.8. The predicted octanol–water partition coefficient (Wildman–Crippen LogP) is -0.785. The summed E-state index contributed by atoms with van der Waals surface area (Å²) < 4.78 is 0. The van der Waals surface area contributed by atoms with Crippen molar-refractivity contribution in [3.63, 3.8) is 0 Å². The van der Waals surface area contributed by atoms with Gasteiger partial charge in [-0.15, -0.1) is 24.8 Å². The summed E-state index contributed by atoms with van der Waals surface area (Å²) >= 11 is 0. The molecule has 38 heavy (non-hydrogen) atoms. The van der Waals surface area contributed by atoms with Crippen LogP contribution in [0.2, 0.25) is 0 Å². The van der Waals surface area contributed by atoms with Gasteiger partial charge in [0.2, 0.25) is 23.6 Å². The van der Waals surface area contributed by atoms with Gasteiger partial charge in [-0.05, 0) is 0 Å². The van der Waals surface area contributed by atoms with Gasteiger partial charge in [0.25, 0.3) is 0 Å². The molecular weight excluding hydrogens is 583 g/mol. The van der Waals surface area contributed by atoms with Gasteiger partial charge >= 0.3 is 0 Å². The van der Waals surface area contributed by atoms with Gasteiger partial charge in [-0.1, -0.05) is 49.3 Å². The van der Waals surface area contributed by atoms with E-state index in [2.05, 4.69) is 21.3 Å². The minimum Gasteiger partial charge on any atom is -0.396 e. The van der Waals surface area contributed by atoms with Crippen molar-refractivity contribution >= 4 is 70.0 Å². The molecule has 0 bridgehead atoms. The molecule has 4 amide bonds. The molecule has 0 saturated carbocycles. The number of halogens is 2. The minimum atomic E-state index is -1.37. The first-order chi connectivity index (χ1) is 16.8. The van der Waals surface area contributed by atoms with Crippen molar-refractivity contribution in [1.82, 2.24) is 21.3 Å². The summed E-state index contributed by atoms with van der Waals surface area (Å²) in [4.78, 5) is 47.3. The van der Waals surface area contributed by atoms with Gasteiger partial charge in [0.15, 0.2) is 0 Å². The maximum atomic E-state index is 11.8. The maximum Gasteiger partial charge on any atom is 0.249 e. The van der Waals surface area contributed by atoms with Crippen LogP contribution in [0.4, 0.5) is 0 Å². The van der Waals surface area contributed by atoms with E-state index in [0.717, 1.165) is 0 Å². The molecule has 12 nitrogen and oxygen atoms in total. The Hall–Kier alpha value is -1.00. The molecule has 2 unspecified atom stereocenters.